The van der Waals surface area contributed by atoms with Crippen molar-refractivity contribution >= 4 is 22.9 Å². The van der Waals surface area contributed by atoms with Gasteiger partial charge in [0.2, 0.25) is 0 Å². The number of hydrogen-bond acceptors (Lipinski definition) is 5. The van der Waals surface area contributed by atoms with E-state index in [-0.39, 0.29) is 5.91 Å². The number of pyridine rings is 1. The molecule has 0 atom stereocenters. The third-order valence-electron chi connectivity index (χ3n) is 5.12. The molecule has 0 aliphatic carbocycles. The first-order valence-electron chi connectivity index (χ1n) is 10.2. The van der Waals surface area contributed by atoms with Gasteiger partial charge in [0, 0.05) is 22.3 Å². The van der Waals surface area contributed by atoms with Gasteiger partial charge in [-0.1, -0.05) is 19.1 Å². The summed E-state index contributed by atoms with van der Waals surface area (Å²) < 4.78 is 0. The molecule has 0 saturated carbocycles. The van der Waals surface area contributed by atoms with Crippen LogP contribution in [0.15, 0.2) is 55.0 Å². The highest BCUT2D eigenvalue weighted by Gasteiger charge is 2.14. The minimum atomic E-state index is -0.142. The molecule has 0 spiro atoms. The van der Waals surface area contributed by atoms with E-state index in [1.54, 1.807) is 23.7 Å². The van der Waals surface area contributed by atoms with Gasteiger partial charge in [-0.05, 0) is 68.1 Å². The van der Waals surface area contributed by atoms with Gasteiger partial charge in [-0.15, -0.1) is 11.3 Å². The van der Waals surface area contributed by atoms with Crippen molar-refractivity contribution in [1.29, 1.82) is 0 Å². The van der Waals surface area contributed by atoms with Crippen LogP contribution < -0.4 is 5.32 Å². The molecule has 1 aromatic carbocycles. The second-order valence-corrected chi connectivity index (χ2v) is 8.65. The molecule has 0 radical (unpaired) electrons. The molecule has 5 nitrogen and oxygen atoms in total. The van der Waals surface area contributed by atoms with Crippen LogP contribution in [0.5, 0.6) is 0 Å². The summed E-state index contributed by atoms with van der Waals surface area (Å²) in [7, 11) is 0. The topological polar surface area (TPSA) is 67.8 Å². The van der Waals surface area contributed by atoms with E-state index in [9.17, 15) is 4.79 Å². The van der Waals surface area contributed by atoms with Crippen LogP contribution in [0.1, 0.15) is 39.1 Å². The highest BCUT2D eigenvalue weighted by atomic mass is 32.1. The van der Waals surface area contributed by atoms with Gasteiger partial charge in [-0.2, -0.15) is 0 Å². The van der Waals surface area contributed by atoms with Gasteiger partial charge in [0.25, 0.3) is 5.91 Å². The molecule has 0 aliphatic rings. The predicted octanol–water partition coefficient (Wildman–Crippen LogP) is 6.01. The number of nitrogens with one attached hydrogen (secondary N) is 1. The number of anilines is 1. The van der Waals surface area contributed by atoms with Gasteiger partial charge in [-0.3, -0.25) is 19.7 Å². The first-order valence-corrected chi connectivity index (χ1v) is 11.0. The number of nitrogens with zero attached hydrogens (tertiary/aromatic N) is 3. The van der Waals surface area contributed by atoms with Crippen LogP contribution in [0, 0.1) is 20.8 Å². The van der Waals surface area contributed by atoms with Gasteiger partial charge in [0.1, 0.15) is 0 Å². The first-order chi connectivity index (χ1) is 14.9. The fraction of sp³-hybridized carbons (Fsp3) is 0.200. The average Bonchev–Trinajstić information content (AvgIpc) is 3.21. The second kappa shape index (κ2) is 8.78. The number of hydrogen-bond donors (Lipinski definition) is 1. The van der Waals surface area contributed by atoms with E-state index in [4.69, 9.17) is 0 Å². The molecule has 1 N–H and O–H groups in total. The summed E-state index contributed by atoms with van der Waals surface area (Å²) in [5, 5.41) is 2.95. The molecule has 31 heavy (non-hydrogen) atoms. The second-order valence-electron chi connectivity index (χ2n) is 7.52. The Labute approximate surface area is 186 Å². The smallest absolute Gasteiger partial charge is 0.255 e. The van der Waals surface area contributed by atoms with Crippen molar-refractivity contribution < 1.29 is 4.79 Å². The van der Waals surface area contributed by atoms with Crippen LogP contribution in [0.3, 0.4) is 0 Å². The number of aromatic nitrogens is 3. The lowest BCUT2D eigenvalue weighted by Crippen LogP contribution is -2.13. The minimum Gasteiger partial charge on any atom is -0.320 e. The van der Waals surface area contributed by atoms with Crippen molar-refractivity contribution in [2.45, 2.75) is 34.1 Å². The highest BCUT2D eigenvalue weighted by molar-refractivity contribution is 7.16. The van der Waals surface area contributed by atoms with E-state index in [1.165, 1.54) is 10.4 Å². The zero-order chi connectivity index (χ0) is 22.0. The molecule has 3 aromatic heterocycles. The van der Waals surface area contributed by atoms with Crippen molar-refractivity contribution in [3.8, 4) is 21.7 Å². The Morgan fingerprint density at radius 1 is 0.935 bits per heavy atom. The van der Waals surface area contributed by atoms with Crippen LogP contribution in [0.2, 0.25) is 0 Å². The van der Waals surface area contributed by atoms with Crippen LogP contribution >= 0.6 is 11.3 Å². The standard InChI is InChI=1S/C25H24N4OS/c1-5-23-20(11-24(31-23)22-14-27-17(4)12-28-22)18-6-8-19(9-7-18)25(30)29-21-13-26-16(3)10-15(21)2/h6-14H,5H2,1-4H3,(H,29,30). The first kappa shape index (κ1) is 20.9. The molecule has 0 saturated heterocycles. The Balaban J connectivity index is 1.57. The summed E-state index contributed by atoms with van der Waals surface area (Å²) in [5.74, 6) is -0.142. The lowest BCUT2D eigenvalue weighted by molar-refractivity contribution is 0.102. The molecule has 156 valence electrons. The maximum absolute atomic E-state index is 12.7. The molecule has 0 unspecified atom stereocenters. The Bertz CT molecular complexity index is 1230. The number of rotatable bonds is 5. The van der Waals surface area contributed by atoms with E-state index in [2.05, 4.69) is 33.3 Å². The van der Waals surface area contributed by atoms with Gasteiger partial charge in [0.05, 0.1) is 34.3 Å². The van der Waals surface area contributed by atoms with E-state index in [0.29, 0.717) is 5.56 Å². The molecule has 4 aromatic rings. The molecule has 3 heterocycles. The van der Waals surface area contributed by atoms with Crippen molar-refractivity contribution in [3.63, 3.8) is 0 Å². The third kappa shape index (κ3) is 4.54. The summed E-state index contributed by atoms with van der Waals surface area (Å²) >= 11 is 1.74. The van der Waals surface area contributed by atoms with Crippen LogP contribution in [0.4, 0.5) is 5.69 Å². The van der Waals surface area contributed by atoms with Gasteiger partial charge in [-0.25, -0.2) is 0 Å². The van der Waals surface area contributed by atoms with E-state index in [1.807, 2.05) is 57.3 Å². The molecule has 6 heteroatoms. The zero-order valence-corrected chi connectivity index (χ0v) is 18.9. The van der Waals surface area contributed by atoms with Gasteiger partial charge >= 0.3 is 0 Å². The van der Waals surface area contributed by atoms with Crippen molar-refractivity contribution in [2.24, 2.45) is 0 Å². The largest absolute Gasteiger partial charge is 0.320 e. The molecule has 0 bridgehead atoms. The number of amides is 1. The third-order valence-corrected chi connectivity index (χ3v) is 6.42. The number of thiophene rings is 1. The quantitative estimate of drug-likeness (QED) is 0.423. The van der Waals surface area contributed by atoms with Gasteiger partial charge < -0.3 is 5.32 Å². The van der Waals surface area contributed by atoms with E-state index in [0.717, 1.165) is 45.2 Å². The lowest BCUT2D eigenvalue weighted by atomic mass is 10.0. The Morgan fingerprint density at radius 2 is 1.68 bits per heavy atom. The Morgan fingerprint density at radius 3 is 2.32 bits per heavy atom. The lowest BCUT2D eigenvalue weighted by Gasteiger charge is -2.09. The molecule has 1 amide bonds. The summed E-state index contributed by atoms with van der Waals surface area (Å²) in [6.45, 7) is 7.98. The summed E-state index contributed by atoms with van der Waals surface area (Å²) in [4.78, 5) is 28.2. The Hall–Kier alpha value is -3.38. The van der Waals surface area contributed by atoms with Crippen molar-refractivity contribution in [2.75, 3.05) is 5.32 Å². The fourth-order valence-electron chi connectivity index (χ4n) is 3.40. The Kier molecular flexibility index (Phi) is 5.91. The van der Waals surface area contributed by atoms with Crippen LogP contribution in [-0.4, -0.2) is 20.9 Å². The normalized spacial score (nSPS) is 10.8. The average molecular weight is 429 g/mol. The van der Waals surface area contributed by atoms with E-state index < -0.39 is 0 Å². The fourth-order valence-corrected chi connectivity index (χ4v) is 4.49. The van der Waals surface area contributed by atoms with Crippen molar-refractivity contribution in [3.05, 3.63) is 82.4 Å². The zero-order valence-electron chi connectivity index (χ0n) is 18.1. The molecule has 4 rings (SSSR count). The summed E-state index contributed by atoms with van der Waals surface area (Å²) in [5.41, 5.74) is 7.32. The molecular formula is C25H24N4OS. The van der Waals surface area contributed by atoms with Crippen molar-refractivity contribution in [1.82, 2.24) is 15.0 Å². The number of aryl methyl sites for hydroxylation is 4. The van der Waals surface area contributed by atoms with Crippen LogP contribution in [-0.2, 0) is 6.42 Å². The maximum Gasteiger partial charge on any atom is 0.255 e. The monoisotopic (exact) mass is 428 g/mol. The predicted molar refractivity (Wildman–Crippen MR) is 127 cm³/mol. The highest BCUT2D eigenvalue weighted by Crippen LogP contribution is 2.37. The number of benzene rings is 1. The molecule has 0 fully saturated rings. The minimum absolute atomic E-state index is 0.142. The number of carbonyl (C=O) groups is 1. The summed E-state index contributed by atoms with van der Waals surface area (Å²) in [6.07, 6.45) is 6.24. The maximum atomic E-state index is 12.7. The van der Waals surface area contributed by atoms with Gasteiger partial charge in [0.15, 0.2) is 0 Å². The number of carbonyl (C=O) groups excluding carboxylic acids is 1. The van der Waals surface area contributed by atoms with E-state index >= 15 is 0 Å². The van der Waals surface area contributed by atoms with Crippen LogP contribution in [0.25, 0.3) is 21.7 Å². The summed E-state index contributed by atoms with van der Waals surface area (Å²) in [6, 6.07) is 11.9. The molecule has 0 aliphatic heterocycles. The molecular weight excluding hydrogens is 404 g/mol. The SMILES string of the molecule is CCc1sc(-c2cnc(C)cn2)cc1-c1ccc(C(=O)Nc2cnc(C)cc2C)cc1.